The van der Waals surface area contributed by atoms with E-state index in [1.165, 1.54) is 0 Å². The Morgan fingerprint density at radius 2 is 2.38 bits per heavy atom. The van der Waals surface area contributed by atoms with Crippen molar-refractivity contribution in [1.82, 2.24) is 4.98 Å². The van der Waals surface area contributed by atoms with Crippen molar-refractivity contribution in [1.29, 1.82) is 5.26 Å². The van der Waals surface area contributed by atoms with Crippen LogP contribution in [0.5, 0.6) is 0 Å². The third-order valence-corrected chi connectivity index (χ3v) is 1.41. The SMILES string of the molecule is N#Cc1ncccc1C#CCCN. The summed E-state index contributed by atoms with van der Waals surface area (Å²) in [7, 11) is 0. The van der Waals surface area contributed by atoms with Gasteiger partial charge >= 0.3 is 0 Å². The van der Waals surface area contributed by atoms with Crippen LogP contribution in [0.4, 0.5) is 0 Å². The van der Waals surface area contributed by atoms with E-state index >= 15 is 0 Å². The van der Waals surface area contributed by atoms with E-state index in [9.17, 15) is 0 Å². The molecule has 1 rings (SSSR count). The van der Waals surface area contributed by atoms with Gasteiger partial charge in [-0.25, -0.2) is 4.98 Å². The molecule has 13 heavy (non-hydrogen) atoms. The first kappa shape index (κ1) is 9.25. The molecule has 0 aliphatic rings. The number of nitrogens with two attached hydrogens (primary N) is 1. The molecule has 2 N–H and O–H groups in total. The molecule has 0 aliphatic heterocycles. The van der Waals surface area contributed by atoms with E-state index < -0.39 is 0 Å². The van der Waals surface area contributed by atoms with Crippen LogP contribution in [0.15, 0.2) is 18.3 Å². The molecule has 0 spiro atoms. The zero-order valence-corrected chi connectivity index (χ0v) is 7.12. The summed E-state index contributed by atoms with van der Waals surface area (Å²) < 4.78 is 0. The zero-order valence-electron chi connectivity index (χ0n) is 7.12. The van der Waals surface area contributed by atoms with Crippen LogP contribution in [-0.2, 0) is 0 Å². The predicted octanol–water partition coefficient (Wildman–Crippen LogP) is 0.654. The summed E-state index contributed by atoms with van der Waals surface area (Å²) in [5.41, 5.74) is 6.31. The zero-order chi connectivity index (χ0) is 9.52. The standard InChI is InChI=1S/C10H9N3/c11-6-2-1-4-9-5-3-7-13-10(9)8-12/h3,5,7H,2,6,11H2. The van der Waals surface area contributed by atoms with Gasteiger partial charge in [0.25, 0.3) is 0 Å². The second kappa shape index (κ2) is 4.92. The second-order valence-corrected chi connectivity index (χ2v) is 2.35. The van der Waals surface area contributed by atoms with Gasteiger partial charge in [-0.2, -0.15) is 5.26 Å². The van der Waals surface area contributed by atoms with Crippen molar-refractivity contribution in [3.8, 4) is 17.9 Å². The van der Waals surface area contributed by atoms with E-state index in [-0.39, 0.29) is 0 Å². The van der Waals surface area contributed by atoms with E-state index in [2.05, 4.69) is 16.8 Å². The molecule has 0 aromatic carbocycles. The van der Waals surface area contributed by atoms with Crippen molar-refractivity contribution in [2.24, 2.45) is 5.73 Å². The average Bonchev–Trinajstić information content (AvgIpc) is 2.19. The van der Waals surface area contributed by atoms with E-state index in [1.54, 1.807) is 18.3 Å². The number of pyridine rings is 1. The van der Waals surface area contributed by atoms with Gasteiger partial charge in [-0.05, 0) is 12.1 Å². The van der Waals surface area contributed by atoms with E-state index in [1.807, 2.05) is 6.07 Å². The molecule has 1 aromatic rings. The van der Waals surface area contributed by atoms with Crippen LogP contribution < -0.4 is 5.73 Å². The minimum absolute atomic E-state index is 0.368. The molecule has 3 heteroatoms. The topological polar surface area (TPSA) is 62.7 Å². The van der Waals surface area contributed by atoms with Gasteiger partial charge in [-0.1, -0.05) is 11.8 Å². The highest BCUT2D eigenvalue weighted by Gasteiger charge is 1.96. The lowest BCUT2D eigenvalue weighted by Gasteiger charge is -1.90. The molecular formula is C10H9N3. The van der Waals surface area contributed by atoms with Crippen LogP contribution in [0.2, 0.25) is 0 Å². The van der Waals surface area contributed by atoms with Gasteiger partial charge in [-0.15, -0.1) is 0 Å². The van der Waals surface area contributed by atoms with Crippen molar-refractivity contribution in [3.63, 3.8) is 0 Å². The summed E-state index contributed by atoms with van der Waals surface area (Å²) in [6.07, 6.45) is 2.21. The van der Waals surface area contributed by atoms with Gasteiger partial charge in [-0.3, -0.25) is 0 Å². The summed E-state index contributed by atoms with van der Waals surface area (Å²) >= 11 is 0. The highest BCUT2D eigenvalue weighted by molar-refractivity contribution is 5.43. The van der Waals surface area contributed by atoms with Crippen molar-refractivity contribution in [2.75, 3.05) is 6.54 Å². The molecule has 0 fully saturated rings. The number of aromatic nitrogens is 1. The highest BCUT2D eigenvalue weighted by Crippen LogP contribution is 2.00. The van der Waals surface area contributed by atoms with Crippen LogP contribution in [-0.4, -0.2) is 11.5 Å². The Bertz CT molecular complexity index is 379. The summed E-state index contributed by atoms with van der Waals surface area (Å²) in [6, 6.07) is 5.51. The normalized spacial score (nSPS) is 8.31. The van der Waals surface area contributed by atoms with Crippen LogP contribution in [0.25, 0.3) is 0 Å². The van der Waals surface area contributed by atoms with Crippen molar-refractivity contribution in [2.45, 2.75) is 6.42 Å². The Morgan fingerprint density at radius 3 is 3.08 bits per heavy atom. The molecule has 0 bridgehead atoms. The Hall–Kier alpha value is -1.84. The van der Waals surface area contributed by atoms with Crippen molar-refractivity contribution >= 4 is 0 Å². The number of nitrogens with zero attached hydrogens (tertiary/aromatic N) is 2. The molecule has 0 radical (unpaired) electrons. The molecule has 1 aromatic heterocycles. The van der Waals surface area contributed by atoms with Crippen LogP contribution in [0, 0.1) is 23.2 Å². The molecule has 1 heterocycles. The van der Waals surface area contributed by atoms with E-state index in [0.29, 0.717) is 24.2 Å². The lowest BCUT2D eigenvalue weighted by Crippen LogP contribution is -1.95. The monoisotopic (exact) mass is 171 g/mol. The highest BCUT2D eigenvalue weighted by atomic mass is 14.7. The van der Waals surface area contributed by atoms with Gasteiger partial charge in [0.15, 0.2) is 5.69 Å². The number of hydrogen-bond acceptors (Lipinski definition) is 3. The lowest BCUT2D eigenvalue weighted by molar-refractivity contribution is 1.03. The molecule has 0 unspecified atom stereocenters. The van der Waals surface area contributed by atoms with Gasteiger partial charge in [0.05, 0.1) is 5.56 Å². The van der Waals surface area contributed by atoms with Crippen LogP contribution in [0.1, 0.15) is 17.7 Å². The molecule has 64 valence electrons. The quantitative estimate of drug-likeness (QED) is 0.631. The summed E-state index contributed by atoms with van der Waals surface area (Å²) in [4.78, 5) is 3.88. The minimum atomic E-state index is 0.368. The van der Waals surface area contributed by atoms with Gasteiger partial charge in [0.1, 0.15) is 6.07 Å². The fourth-order valence-corrected chi connectivity index (χ4v) is 0.825. The Morgan fingerprint density at radius 1 is 1.54 bits per heavy atom. The first-order chi connectivity index (χ1) is 6.38. The molecule has 0 saturated heterocycles. The molecule has 0 atom stereocenters. The molecule has 0 aliphatic carbocycles. The fourth-order valence-electron chi connectivity index (χ4n) is 0.825. The minimum Gasteiger partial charge on any atom is -0.330 e. The molecule has 0 saturated carbocycles. The van der Waals surface area contributed by atoms with Gasteiger partial charge in [0, 0.05) is 19.2 Å². The molecule has 0 amide bonds. The predicted molar refractivity (Wildman–Crippen MR) is 49.5 cm³/mol. The molecule has 3 nitrogen and oxygen atoms in total. The Kier molecular flexibility index (Phi) is 3.50. The number of hydrogen-bond donors (Lipinski definition) is 1. The summed E-state index contributed by atoms with van der Waals surface area (Å²) in [6.45, 7) is 0.537. The second-order valence-electron chi connectivity index (χ2n) is 2.35. The summed E-state index contributed by atoms with van der Waals surface area (Å²) in [5, 5.41) is 8.67. The first-order valence-corrected chi connectivity index (χ1v) is 3.92. The largest absolute Gasteiger partial charge is 0.330 e. The third kappa shape index (κ3) is 2.59. The maximum absolute atomic E-state index is 8.67. The van der Waals surface area contributed by atoms with Crippen molar-refractivity contribution in [3.05, 3.63) is 29.6 Å². The Labute approximate surface area is 77.2 Å². The van der Waals surface area contributed by atoms with E-state index in [4.69, 9.17) is 11.0 Å². The number of rotatable bonds is 1. The van der Waals surface area contributed by atoms with Gasteiger partial charge < -0.3 is 5.73 Å². The van der Waals surface area contributed by atoms with Crippen LogP contribution in [0.3, 0.4) is 0 Å². The van der Waals surface area contributed by atoms with Crippen molar-refractivity contribution < 1.29 is 0 Å². The fraction of sp³-hybridized carbons (Fsp3) is 0.200. The lowest BCUT2D eigenvalue weighted by atomic mass is 10.2. The number of nitriles is 1. The summed E-state index contributed by atoms with van der Waals surface area (Å²) in [5.74, 6) is 5.71. The molecular weight excluding hydrogens is 162 g/mol. The van der Waals surface area contributed by atoms with Gasteiger partial charge in [0.2, 0.25) is 0 Å². The third-order valence-electron chi connectivity index (χ3n) is 1.41. The Balaban J connectivity index is 2.91. The van der Waals surface area contributed by atoms with E-state index in [0.717, 1.165) is 0 Å². The smallest absolute Gasteiger partial charge is 0.156 e. The maximum Gasteiger partial charge on any atom is 0.156 e. The van der Waals surface area contributed by atoms with Crippen LogP contribution >= 0.6 is 0 Å². The first-order valence-electron chi connectivity index (χ1n) is 3.92. The maximum atomic E-state index is 8.67. The average molecular weight is 171 g/mol.